The summed E-state index contributed by atoms with van der Waals surface area (Å²) < 4.78 is 6.93. The van der Waals surface area contributed by atoms with Crippen molar-refractivity contribution < 1.29 is 0 Å². The van der Waals surface area contributed by atoms with E-state index in [1.54, 1.807) is 0 Å². The van der Waals surface area contributed by atoms with Gasteiger partial charge < -0.3 is 9.13 Å². The van der Waals surface area contributed by atoms with Gasteiger partial charge in [-0.1, -0.05) is 128 Å². The fourth-order valence-electron chi connectivity index (χ4n) is 8.09. The number of rotatable bonds is 6. The zero-order valence-corrected chi connectivity index (χ0v) is 28.7. The van der Waals surface area contributed by atoms with Crippen LogP contribution in [0, 0.1) is 0 Å². The molecule has 0 aliphatic rings. The van der Waals surface area contributed by atoms with E-state index in [0.29, 0.717) is 0 Å². The van der Waals surface area contributed by atoms with Gasteiger partial charge in [-0.05, 0) is 61.0 Å². The molecule has 0 aliphatic carbocycles. The number of hydrogen-bond donors (Lipinski definition) is 0. The molecule has 0 radical (unpaired) electrons. The van der Waals surface area contributed by atoms with E-state index in [1.807, 2.05) is 0 Å². The van der Waals surface area contributed by atoms with Gasteiger partial charge in [0.2, 0.25) is 0 Å². The van der Waals surface area contributed by atoms with Gasteiger partial charge in [0.25, 0.3) is 0 Å². The van der Waals surface area contributed by atoms with E-state index in [2.05, 4.69) is 203 Å². The molecule has 0 amide bonds. The summed E-state index contributed by atoms with van der Waals surface area (Å²) in [4.78, 5) is 5.45. The topological polar surface area (TPSA) is 27.7 Å². The van der Waals surface area contributed by atoms with Crippen molar-refractivity contribution in [2.75, 3.05) is 0 Å². The van der Waals surface area contributed by atoms with Crippen LogP contribution < -0.4 is 0 Å². The van der Waals surface area contributed by atoms with Gasteiger partial charge in [0.05, 0.1) is 44.5 Å². The first-order valence-electron chi connectivity index (χ1n) is 17.7. The Labute approximate surface area is 301 Å². The molecule has 0 N–H and O–H groups in total. The van der Waals surface area contributed by atoms with Crippen molar-refractivity contribution in [2.45, 2.75) is 6.92 Å². The maximum absolute atomic E-state index is 5.45. The molecule has 10 aromatic rings. The molecular formula is C48H34N4. The van der Waals surface area contributed by atoms with Gasteiger partial charge in [-0.2, -0.15) is 0 Å². The minimum Gasteiger partial charge on any atom is -0.310 e. The second-order valence-electron chi connectivity index (χ2n) is 13.2. The second-order valence-corrected chi connectivity index (χ2v) is 13.2. The van der Waals surface area contributed by atoms with Crippen LogP contribution in [0.4, 0.5) is 0 Å². The summed E-state index contributed by atoms with van der Waals surface area (Å²) in [6, 6.07) is 56.1. The highest BCUT2D eigenvalue weighted by molar-refractivity contribution is 6.12. The third-order valence-electron chi connectivity index (χ3n) is 10.4. The molecule has 4 heterocycles. The molecule has 0 aliphatic heterocycles. The quantitative estimate of drug-likeness (QED) is 0.162. The van der Waals surface area contributed by atoms with E-state index >= 15 is 0 Å². The van der Waals surface area contributed by atoms with Crippen LogP contribution >= 0.6 is 0 Å². The Balaban J connectivity index is 1.19. The number of fused-ring (bicyclic) bond motifs is 9. The lowest BCUT2D eigenvalue weighted by molar-refractivity contribution is 1.05. The Morgan fingerprint density at radius 3 is 1.31 bits per heavy atom. The molecule has 0 bridgehead atoms. The first-order chi connectivity index (χ1) is 25.7. The molecule has 0 spiro atoms. The molecule has 0 saturated heterocycles. The largest absolute Gasteiger partial charge is 0.310 e. The molecule has 10 rings (SSSR count). The van der Waals surface area contributed by atoms with Crippen LogP contribution in [0.2, 0.25) is 0 Å². The van der Waals surface area contributed by atoms with Crippen LogP contribution in [0.3, 0.4) is 0 Å². The van der Waals surface area contributed by atoms with Gasteiger partial charge in [-0.3, -0.25) is 4.57 Å². The van der Waals surface area contributed by atoms with Gasteiger partial charge in [0.1, 0.15) is 5.82 Å². The molecule has 246 valence electrons. The Bertz CT molecular complexity index is 2810. The lowest BCUT2D eigenvalue weighted by Crippen LogP contribution is -2.04. The summed E-state index contributed by atoms with van der Waals surface area (Å²) in [6.07, 6.45) is 6.41. The summed E-state index contributed by atoms with van der Waals surface area (Å²) in [5.41, 5.74) is 10.7. The maximum atomic E-state index is 5.45. The average molecular weight is 667 g/mol. The van der Waals surface area contributed by atoms with Crippen molar-refractivity contribution in [1.82, 2.24) is 18.7 Å². The number of benzene rings is 6. The van der Waals surface area contributed by atoms with Gasteiger partial charge >= 0.3 is 0 Å². The van der Waals surface area contributed by atoms with Crippen LogP contribution in [-0.2, 0) is 0 Å². The molecule has 0 saturated carbocycles. The normalized spacial score (nSPS) is 12.4. The Kier molecular flexibility index (Phi) is 6.83. The number of nitrogens with zero attached hydrogens (tertiary/aromatic N) is 4. The van der Waals surface area contributed by atoms with E-state index in [9.17, 15) is 0 Å². The van der Waals surface area contributed by atoms with Crippen molar-refractivity contribution in [3.05, 3.63) is 188 Å². The monoisotopic (exact) mass is 666 g/mol. The van der Waals surface area contributed by atoms with Crippen LogP contribution in [0.15, 0.2) is 183 Å². The third kappa shape index (κ3) is 4.51. The van der Waals surface area contributed by atoms with E-state index < -0.39 is 0 Å². The van der Waals surface area contributed by atoms with E-state index in [-0.39, 0.29) is 0 Å². The summed E-state index contributed by atoms with van der Waals surface area (Å²) >= 11 is 0. The van der Waals surface area contributed by atoms with Gasteiger partial charge in [-0.15, -0.1) is 0 Å². The van der Waals surface area contributed by atoms with E-state index in [1.165, 1.54) is 32.3 Å². The molecule has 0 fully saturated rings. The second kappa shape index (κ2) is 11.9. The van der Waals surface area contributed by atoms with Crippen molar-refractivity contribution in [2.24, 2.45) is 0 Å². The summed E-state index contributed by atoms with van der Waals surface area (Å²) in [6.45, 7) is 6.65. The molecular weight excluding hydrogens is 633 g/mol. The first-order valence-corrected chi connectivity index (χ1v) is 17.7. The van der Waals surface area contributed by atoms with Crippen molar-refractivity contribution in [1.29, 1.82) is 0 Å². The summed E-state index contributed by atoms with van der Waals surface area (Å²) in [5.74, 6) is 0.862. The number of pyridine rings is 1. The molecule has 4 heteroatoms. The number of para-hydroxylation sites is 6. The summed E-state index contributed by atoms with van der Waals surface area (Å²) in [7, 11) is 0. The van der Waals surface area contributed by atoms with Crippen molar-refractivity contribution >= 4 is 76.7 Å². The first kappa shape index (κ1) is 30.0. The predicted octanol–water partition coefficient (Wildman–Crippen LogP) is 12.5. The summed E-state index contributed by atoms with van der Waals surface area (Å²) in [5, 5.41) is 7.30. The van der Waals surface area contributed by atoms with Crippen LogP contribution in [0.1, 0.15) is 12.6 Å². The Morgan fingerprint density at radius 1 is 0.481 bits per heavy atom. The highest BCUT2D eigenvalue weighted by atomic mass is 15.1. The molecule has 4 aromatic heterocycles. The zero-order chi connectivity index (χ0) is 34.8. The predicted molar refractivity (Wildman–Crippen MR) is 220 cm³/mol. The number of aromatic nitrogens is 4. The minimum atomic E-state index is 0.862. The molecule has 6 aromatic carbocycles. The zero-order valence-electron chi connectivity index (χ0n) is 28.7. The highest BCUT2D eigenvalue weighted by Gasteiger charge is 2.18. The van der Waals surface area contributed by atoms with E-state index in [4.69, 9.17) is 4.98 Å². The lowest BCUT2D eigenvalue weighted by atomic mass is 10.1. The van der Waals surface area contributed by atoms with Gasteiger partial charge in [0, 0.05) is 44.1 Å². The molecule has 52 heavy (non-hydrogen) atoms. The number of allylic oxidation sites excluding steroid dienone is 5. The minimum absolute atomic E-state index is 0.862. The van der Waals surface area contributed by atoms with Crippen LogP contribution in [0.25, 0.3) is 88.2 Å². The number of hydrogen-bond acceptors (Lipinski definition) is 1. The molecule has 0 atom stereocenters. The maximum Gasteiger partial charge on any atom is 0.140 e. The lowest BCUT2D eigenvalue weighted by Gasteiger charge is -2.15. The standard InChI is InChI=1S/C48H34N4/c1-3-33(29-28-32(2)50-42-22-10-4-16-35(42)36-17-5-11-23-43(36)50)41-30-34(51-44-24-12-6-18-37(44)38-19-7-13-25-45(38)51)31-48(49-41)52-46-26-14-8-20-39(46)40-21-9-15-27-47(40)52/h3-31H,2H2,1H3/b29-28-,33-3+. The van der Waals surface area contributed by atoms with Crippen molar-refractivity contribution in [3.63, 3.8) is 0 Å². The highest BCUT2D eigenvalue weighted by Crippen LogP contribution is 2.37. The van der Waals surface area contributed by atoms with Gasteiger partial charge in [-0.25, -0.2) is 4.98 Å². The smallest absolute Gasteiger partial charge is 0.140 e. The fourth-order valence-corrected chi connectivity index (χ4v) is 8.09. The fraction of sp³-hybridized carbons (Fsp3) is 0.0208. The molecule has 0 unspecified atom stereocenters. The van der Waals surface area contributed by atoms with E-state index in [0.717, 1.165) is 61.6 Å². The average Bonchev–Trinajstić information content (AvgIpc) is 3.84. The van der Waals surface area contributed by atoms with Gasteiger partial charge in [0.15, 0.2) is 0 Å². The van der Waals surface area contributed by atoms with Crippen LogP contribution in [-0.4, -0.2) is 18.7 Å². The third-order valence-corrected chi connectivity index (χ3v) is 10.4. The SMILES string of the molecule is C=C(/C=C\C(=C/C)c1cc(-n2c3ccccc3c3ccccc32)cc(-n2c3ccccc3c3ccccc32)n1)n1c2ccccc2c2ccccc21. The molecule has 4 nitrogen and oxygen atoms in total. The van der Waals surface area contributed by atoms with Crippen LogP contribution in [0.5, 0.6) is 0 Å². The Morgan fingerprint density at radius 2 is 0.865 bits per heavy atom. The van der Waals surface area contributed by atoms with Crippen molar-refractivity contribution in [3.8, 4) is 11.5 Å². The Hall–Kier alpha value is -6.91.